The smallest absolute Gasteiger partial charge is 0.354 e. The summed E-state index contributed by atoms with van der Waals surface area (Å²) in [6.07, 6.45) is -5.22. The van der Waals surface area contributed by atoms with E-state index in [0.717, 1.165) is 0 Å². The lowest BCUT2D eigenvalue weighted by molar-refractivity contribution is -0.126. The molecule has 0 aliphatic heterocycles. The van der Waals surface area contributed by atoms with E-state index in [9.17, 15) is 13.2 Å². The van der Waals surface area contributed by atoms with Gasteiger partial charge < -0.3 is 4.98 Å². The molecule has 3 aromatic rings. The second-order valence-electron chi connectivity index (χ2n) is 4.82. The standard InChI is InChI=1S/C16H11ClF3N/c17-11-7-5-10(6-8-11)15-13(9-16(18,19)20)12-3-1-2-4-14(12)21-15/h1-8,21H,9H2. The predicted molar refractivity (Wildman–Crippen MR) is 78.5 cm³/mol. The molecule has 0 unspecified atom stereocenters. The number of aromatic nitrogens is 1. The van der Waals surface area contributed by atoms with Gasteiger partial charge in [0.15, 0.2) is 0 Å². The minimum Gasteiger partial charge on any atom is -0.354 e. The zero-order valence-corrected chi connectivity index (χ0v) is 11.6. The number of nitrogens with one attached hydrogen (secondary N) is 1. The van der Waals surface area contributed by atoms with Gasteiger partial charge in [-0.1, -0.05) is 41.9 Å². The molecule has 1 heterocycles. The zero-order chi connectivity index (χ0) is 15.0. The van der Waals surface area contributed by atoms with Crippen molar-refractivity contribution in [3.8, 4) is 11.3 Å². The summed E-state index contributed by atoms with van der Waals surface area (Å²) in [4.78, 5) is 3.08. The van der Waals surface area contributed by atoms with Crippen LogP contribution in [0.3, 0.4) is 0 Å². The molecule has 2 aromatic carbocycles. The quantitative estimate of drug-likeness (QED) is 0.635. The number of alkyl halides is 3. The molecule has 1 aromatic heterocycles. The Morgan fingerprint density at radius 3 is 2.29 bits per heavy atom. The number of fused-ring (bicyclic) bond motifs is 1. The Kier molecular flexibility index (Phi) is 3.41. The van der Waals surface area contributed by atoms with Crippen LogP contribution in [-0.2, 0) is 6.42 Å². The molecule has 0 aliphatic rings. The Bertz CT molecular complexity index is 772. The van der Waals surface area contributed by atoms with Crippen molar-refractivity contribution in [1.82, 2.24) is 4.98 Å². The van der Waals surface area contributed by atoms with Gasteiger partial charge in [-0.3, -0.25) is 0 Å². The molecule has 0 amide bonds. The van der Waals surface area contributed by atoms with Crippen LogP contribution in [0.15, 0.2) is 48.5 Å². The fraction of sp³-hybridized carbons (Fsp3) is 0.125. The average molecular weight is 310 g/mol. The number of H-pyrrole nitrogens is 1. The third kappa shape index (κ3) is 2.90. The summed E-state index contributed by atoms with van der Waals surface area (Å²) in [6.45, 7) is 0. The summed E-state index contributed by atoms with van der Waals surface area (Å²) in [5.74, 6) is 0. The first-order chi connectivity index (χ1) is 9.94. The summed E-state index contributed by atoms with van der Waals surface area (Å²) in [5, 5.41) is 1.15. The maximum absolute atomic E-state index is 12.9. The first-order valence-corrected chi connectivity index (χ1v) is 6.74. The molecule has 5 heteroatoms. The second kappa shape index (κ2) is 5.11. The van der Waals surface area contributed by atoms with Crippen molar-refractivity contribution in [2.24, 2.45) is 0 Å². The molecule has 21 heavy (non-hydrogen) atoms. The van der Waals surface area contributed by atoms with Crippen LogP contribution < -0.4 is 0 Å². The van der Waals surface area contributed by atoms with Gasteiger partial charge in [0.05, 0.1) is 12.1 Å². The molecule has 1 N–H and O–H groups in total. The van der Waals surface area contributed by atoms with E-state index >= 15 is 0 Å². The maximum atomic E-state index is 12.9. The molecule has 0 fully saturated rings. The molecule has 0 spiro atoms. The van der Waals surface area contributed by atoms with E-state index < -0.39 is 12.6 Å². The molecular formula is C16H11ClF3N. The van der Waals surface area contributed by atoms with Crippen LogP contribution in [0.2, 0.25) is 5.02 Å². The van der Waals surface area contributed by atoms with Gasteiger partial charge in [-0.2, -0.15) is 13.2 Å². The number of aromatic amines is 1. The Balaban J connectivity index is 2.21. The van der Waals surface area contributed by atoms with Gasteiger partial charge in [-0.25, -0.2) is 0 Å². The highest BCUT2D eigenvalue weighted by Crippen LogP contribution is 2.35. The van der Waals surface area contributed by atoms with E-state index in [2.05, 4.69) is 4.98 Å². The molecule has 0 saturated heterocycles. The van der Waals surface area contributed by atoms with Crippen LogP contribution in [0.5, 0.6) is 0 Å². The first kappa shape index (κ1) is 14.0. The van der Waals surface area contributed by atoms with E-state index in [1.165, 1.54) is 0 Å². The summed E-state index contributed by atoms with van der Waals surface area (Å²) >= 11 is 5.83. The molecular weight excluding hydrogens is 299 g/mol. The highest BCUT2D eigenvalue weighted by Gasteiger charge is 2.31. The first-order valence-electron chi connectivity index (χ1n) is 6.36. The summed E-state index contributed by atoms with van der Waals surface area (Å²) in [6, 6.07) is 13.8. The minimum absolute atomic E-state index is 0.264. The molecule has 0 radical (unpaired) electrons. The molecule has 0 saturated carbocycles. The highest BCUT2D eigenvalue weighted by molar-refractivity contribution is 6.30. The van der Waals surface area contributed by atoms with E-state index in [-0.39, 0.29) is 5.56 Å². The van der Waals surface area contributed by atoms with Crippen molar-refractivity contribution in [2.45, 2.75) is 12.6 Å². The molecule has 108 valence electrons. The Morgan fingerprint density at radius 2 is 1.62 bits per heavy atom. The Hall–Kier alpha value is -1.94. The van der Waals surface area contributed by atoms with E-state index in [4.69, 9.17) is 11.6 Å². The van der Waals surface area contributed by atoms with Crippen LogP contribution in [0, 0.1) is 0 Å². The summed E-state index contributed by atoms with van der Waals surface area (Å²) < 4.78 is 38.6. The van der Waals surface area contributed by atoms with Crippen LogP contribution >= 0.6 is 11.6 Å². The number of halogens is 4. The summed E-state index contributed by atoms with van der Waals surface area (Å²) in [5.41, 5.74) is 2.14. The van der Waals surface area contributed by atoms with E-state index in [1.807, 2.05) is 0 Å². The van der Waals surface area contributed by atoms with Gasteiger partial charge >= 0.3 is 6.18 Å². The minimum atomic E-state index is -4.26. The van der Waals surface area contributed by atoms with Crippen LogP contribution in [-0.4, -0.2) is 11.2 Å². The van der Waals surface area contributed by atoms with Crippen molar-refractivity contribution in [3.63, 3.8) is 0 Å². The van der Waals surface area contributed by atoms with Crippen LogP contribution in [0.1, 0.15) is 5.56 Å². The van der Waals surface area contributed by atoms with E-state index in [0.29, 0.717) is 27.2 Å². The molecule has 0 aliphatic carbocycles. The molecule has 0 bridgehead atoms. The third-order valence-corrected chi connectivity index (χ3v) is 3.58. The average Bonchev–Trinajstić information content (AvgIpc) is 2.77. The number of benzene rings is 2. The highest BCUT2D eigenvalue weighted by atomic mass is 35.5. The van der Waals surface area contributed by atoms with Crippen LogP contribution in [0.25, 0.3) is 22.2 Å². The SMILES string of the molecule is FC(F)(F)Cc1c(-c2ccc(Cl)cc2)[nH]c2ccccc12. The number of hydrogen-bond donors (Lipinski definition) is 1. The number of rotatable bonds is 2. The Labute approximate surface area is 124 Å². The van der Waals surface area contributed by atoms with Gasteiger partial charge in [-0.05, 0) is 29.3 Å². The lowest BCUT2D eigenvalue weighted by Gasteiger charge is -2.08. The summed E-state index contributed by atoms with van der Waals surface area (Å²) in [7, 11) is 0. The van der Waals surface area contributed by atoms with E-state index in [1.54, 1.807) is 48.5 Å². The topological polar surface area (TPSA) is 15.8 Å². The van der Waals surface area contributed by atoms with Crippen molar-refractivity contribution in [2.75, 3.05) is 0 Å². The van der Waals surface area contributed by atoms with Gasteiger partial charge in [0.2, 0.25) is 0 Å². The normalized spacial score (nSPS) is 12.0. The molecule has 3 rings (SSSR count). The fourth-order valence-electron chi connectivity index (χ4n) is 2.45. The van der Waals surface area contributed by atoms with Crippen molar-refractivity contribution < 1.29 is 13.2 Å². The molecule has 1 nitrogen and oxygen atoms in total. The largest absolute Gasteiger partial charge is 0.393 e. The van der Waals surface area contributed by atoms with Gasteiger partial charge in [-0.15, -0.1) is 0 Å². The fourth-order valence-corrected chi connectivity index (χ4v) is 2.57. The lowest BCUT2D eigenvalue weighted by atomic mass is 10.0. The Morgan fingerprint density at radius 1 is 0.952 bits per heavy atom. The van der Waals surface area contributed by atoms with Crippen molar-refractivity contribution in [1.29, 1.82) is 0 Å². The van der Waals surface area contributed by atoms with Crippen molar-refractivity contribution in [3.05, 3.63) is 59.1 Å². The predicted octanol–water partition coefficient (Wildman–Crippen LogP) is 5.59. The van der Waals surface area contributed by atoms with Gasteiger partial charge in [0.25, 0.3) is 0 Å². The lowest BCUT2D eigenvalue weighted by Crippen LogP contribution is -2.11. The molecule has 0 atom stereocenters. The zero-order valence-electron chi connectivity index (χ0n) is 10.8. The van der Waals surface area contributed by atoms with Crippen molar-refractivity contribution >= 4 is 22.5 Å². The van der Waals surface area contributed by atoms with Gasteiger partial charge in [0.1, 0.15) is 0 Å². The number of hydrogen-bond acceptors (Lipinski definition) is 0. The van der Waals surface area contributed by atoms with Crippen LogP contribution in [0.4, 0.5) is 13.2 Å². The maximum Gasteiger partial charge on any atom is 0.393 e. The van der Waals surface area contributed by atoms with Gasteiger partial charge in [0, 0.05) is 15.9 Å². The third-order valence-electron chi connectivity index (χ3n) is 3.32. The number of para-hydroxylation sites is 1. The second-order valence-corrected chi connectivity index (χ2v) is 5.26. The monoisotopic (exact) mass is 309 g/mol.